The van der Waals surface area contributed by atoms with Crippen LogP contribution in [0, 0.1) is 0 Å². The van der Waals surface area contributed by atoms with Crippen LogP contribution in [0.1, 0.15) is 74.6 Å². The van der Waals surface area contributed by atoms with Crippen molar-refractivity contribution in [3.05, 3.63) is 99.2 Å². The standard InChI is InChI=1S/C38H48ClN5O2/c39-32-15-11-31(12-16-32)27-37-36-28-40-20-19-35(36)38(45)44(41-37)29-33-10-7-25-43(33)24-6-3-9-30-13-17-34(18-14-30)46-26-8-23-42-21-4-1-2-5-22-42/h11-20,28,33H,1-10,21-27,29H2. The fraction of sp³-hybridized carbons (Fsp3) is 0.500. The maximum absolute atomic E-state index is 13.5. The minimum atomic E-state index is -0.0334. The van der Waals surface area contributed by atoms with Gasteiger partial charge in [-0.3, -0.25) is 14.7 Å². The molecule has 2 aliphatic rings. The summed E-state index contributed by atoms with van der Waals surface area (Å²) in [7, 11) is 0. The molecular formula is C38H48ClN5O2. The Morgan fingerprint density at radius 3 is 2.39 bits per heavy atom. The first-order valence-corrected chi connectivity index (χ1v) is 17.8. The quantitative estimate of drug-likeness (QED) is 0.136. The zero-order chi connectivity index (χ0) is 31.6. The Balaban J connectivity index is 0.974. The highest BCUT2D eigenvalue weighted by molar-refractivity contribution is 6.30. The van der Waals surface area contributed by atoms with Crippen molar-refractivity contribution in [3.8, 4) is 5.75 Å². The second-order valence-corrected chi connectivity index (χ2v) is 13.5. The summed E-state index contributed by atoms with van der Waals surface area (Å²) in [6.07, 6.45) is 16.2. The molecular weight excluding hydrogens is 594 g/mol. The Labute approximate surface area is 278 Å². The van der Waals surface area contributed by atoms with E-state index in [0.29, 0.717) is 29.4 Å². The molecule has 0 N–H and O–H groups in total. The summed E-state index contributed by atoms with van der Waals surface area (Å²) in [5, 5.41) is 7.12. The number of fused-ring (bicyclic) bond motifs is 1. The van der Waals surface area contributed by atoms with Crippen LogP contribution in [0.25, 0.3) is 10.8 Å². The number of aryl methyl sites for hydroxylation is 1. The van der Waals surface area contributed by atoms with Gasteiger partial charge in [-0.05, 0) is 119 Å². The van der Waals surface area contributed by atoms with Crippen molar-refractivity contribution in [3.63, 3.8) is 0 Å². The second-order valence-electron chi connectivity index (χ2n) is 13.0. The SMILES string of the molecule is O=c1c2ccncc2c(Cc2ccc(Cl)cc2)nn1CC1CCCN1CCCCc1ccc(OCCCN2CCCCCC2)cc1. The van der Waals surface area contributed by atoms with Gasteiger partial charge < -0.3 is 9.64 Å². The van der Waals surface area contributed by atoms with Gasteiger partial charge in [-0.2, -0.15) is 5.10 Å². The van der Waals surface area contributed by atoms with Crippen LogP contribution in [-0.2, 0) is 19.4 Å². The maximum atomic E-state index is 13.5. The van der Waals surface area contributed by atoms with Crippen molar-refractivity contribution in [2.75, 3.05) is 39.3 Å². The molecule has 1 unspecified atom stereocenters. The van der Waals surface area contributed by atoms with Crippen LogP contribution in [0.3, 0.4) is 0 Å². The minimum Gasteiger partial charge on any atom is -0.494 e. The Morgan fingerprint density at radius 2 is 1.59 bits per heavy atom. The molecule has 0 aliphatic carbocycles. The normalized spacial score (nSPS) is 17.8. The van der Waals surface area contributed by atoms with Crippen molar-refractivity contribution in [1.82, 2.24) is 24.6 Å². The number of hydrogen-bond acceptors (Lipinski definition) is 6. The number of pyridine rings is 1. The molecule has 2 fully saturated rings. The largest absolute Gasteiger partial charge is 0.494 e. The van der Waals surface area contributed by atoms with Gasteiger partial charge in [0.05, 0.1) is 24.2 Å². The molecule has 0 saturated carbocycles. The molecule has 0 amide bonds. The number of hydrogen-bond donors (Lipinski definition) is 0. The van der Waals surface area contributed by atoms with E-state index in [0.717, 1.165) is 87.2 Å². The summed E-state index contributed by atoms with van der Waals surface area (Å²) < 4.78 is 7.74. The van der Waals surface area contributed by atoms with Crippen LogP contribution in [0.4, 0.5) is 0 Å². The smallest absolute Gasteiger partial charge is 0.274 e. The van der Waals surface area contributed by atoms with Crippen molar-refractivity contribution in [1.29, 1.82) is 0 Å². The molecule has 4 heterocycles. The maximum Gasteiger partial charge on any atom is 0.274 e. The lowest BCUT2D eigenvalue weighted by atomic mass is 10.1. The number of aromatic nitrogens is 3. The van der Waals surface area contributed by atoms with Gasteiger partial charge in [0.1, 0.15) is 5.75 Å². The fourth-order valence-corrected chi connectivity index (χ4v) is 7.20. The van der Waals surface area contributed by atoms with Crippen LogP contribution < -0.4 is 10.3 Å². The summed E-state index contributed by atoms with van der Waals surface area (Å²) in [6, 6.07) is 18.7. The van der Waals surface area contributed by atoms with Gasteiger partial charge in [0, 0.05) is 41.8 Å². The molecule has 7 nitrogen and oxygen atoms in total. The first-order valence-electron chi connectivity index (χ1n) is 17.4. The molecule has 2 aromatic carbocycles. The molecule has 2 aromatic heterocycles. The number of ether oxygens (including phenoxy) is 1. The van der Waals surface area contributed by atoms with E-state index < -0.39 is 0 Å². The molecule has 0 radical (unpaired) electrons. The lowest BCUT2D eigenvalue weighted by Crippen LogP contribution is -2.38. The van der Waals surface area contributed by atoms with E-state index in [1.165, 1.54) is 44.3 Å². The first-order chi connectivity index (χ1) is 22.6. The Morgan fingerprint density at radius 1 is 0.804 bits per heavy atom. The summed E-state index contributed by atoms with van der Waals surface area (Å²) in [5.74, 6) is 0.977. The summed E-state index contributed by atoms with van der Waals surface area (Å²) in [4.78, 5) is 22.9. The third kappa shape index (κ3) is 8.96. The molecule has 8 heteroatoms. The highest BCUT2D eigenvalue weighted by atomic mass is 35.5. The Kier molecular flexibility index (Phi) is 11.7. The number of benzene rings is 2. The summed E-state index contributed by atoms with van der Waals surface area (Å²) in [5.41, 5.74) is 3.31. The van der Waals surface area contributed by atoms with Gasteiger partial charge in [-0.1, -0.05) is 48.7 Å². The number of unbranched alkanes of at least 4 members (excludes halogenated alkanes) is 1. The van der Waals surface area contributed by atoms with Crippen LogP contribution >= 0.6 is 11.6 Å². The molecule has 2 saturated heterocycles. The molecule has 0 bridgehead atoms. The molecule has 2 aliphatic heterocycles. The number of halogens is 1. The van der Waals surface area contributed by atoms with Gasteiger partial charge in [0.2, 0.25) is 0 Å². The lowest BCUT2D eigenvalue weighted by molar-refractivity contribution is 0.221. The van der Waals surface area contributed by atoms with Crippen LogP contribution in [0.15, 0.2) is 71.8 Å². The van der Waals surface area contributed by atoms with Gasteiger partial charge in [0.15, 0.2) is 0 Å². The number of nitrogens with zero attached hydrogens (tertiary/aromatic N) is 5. The van der Waals surface area contributed by atoms with Crippen molar-refractivity contribution >= 4 is 22.4 Å². The van der Waals surface area contributed by atoms with Crippen molar-refractivity contribution in [2.24, 2.45) is 0 Å². The highest BCUT2D eigenvalue weighted by Crippen LogP contribution is 2.22. The van der Waals surface area contributed by atoms with E-state index in [4.69, 9.17) is 21.4 Å². The highest BCUT2D eigenvalue weighted by Gasteiger charge is 2.26. The fourth-order valence-electron chi connectivity index (χ4n) is 7.08. The second kappa shape index (κ2) is 16.5. The topological polar surface area (TPSA) is 63.5 Å². The van der Waals surface area contributed by atoms with E-state index in [-0.39, 0.29) is 5.56 Å². The Bertz CT molecular complexity index is 1580. The van der Waals surface area contributed by atoms with E-state index in [1.54, 1.807) is 17.1 Å². The third-order valence-electron chi connectivity index (χ3n) is 9.68. The lowest BCUT2D eigenvalue weighted by Gasteiger charge is -2.25. The van der Waals surface area contributed by atoms with Crippen LogP contribution in [0.2, 0.25) is 5.02 Å². The van der Waals surface area contributed by atoms with Crippen molar-refractivity contribution < 1.29 is 4.74 Å². The molecule has 0 spiro atoms. The van der Waals surface area contributed by atoms with Gasteiger partial charge in [0.25, 0.3) is 5.56 Å². The zero-order valence-corrected chi connectivity index (χ0v) is 27.8. The monoisotopic (exact) mass is 641 g/mol. The summed E-state index contributed by atoms with van der Waals surface area (Å²) in [6.45, 7) is 7.18. The molecule has 244 valence electrons. The van der Waals surface area contributed by atoms with Gasteiger partial charge in [-0.25, -0.2) is 4.68 Å². The number of rotatable bonds is 14. The average Bonchev–Trinajstić information content (AvgIpc) is 3.35. The minimum absolute atomic E-state index is 0.0334. The first kappa shape index (κ1) is 32.7. The Hall–Kier alpha value is -3.26. The molecule has 4 aromatic rings. The van der Waals surface area contributed by atoms with E-state index in [1.807, 2.05) is 30.3 Å². The molecule has 6 rings (SSSR count). The molecule has 1 atom stereocenters. The van der Waals surface area contributed by atoms with E-state index in [9.17, 15) is 4.79 Å². The molecule has 46 heavy (non-hydrogen) atoms. The summed E-state index contributed by atoms with van der Waals surface area (Å²) >= 11 is 6.11. The third-order valence-corrected chi connectivity index (χ3v) is 9.93. The van der Waals surface area contributed by atoms with Gasteiger partial charge >= 0.3 is 0 Å². The average molecular weight is 642 g/mol. The van der Waals surface area contributed by atoms with E-state index >= 15 is 0 Å². The number of likely N-dealkylation sites (tertiary alicyclic amines) is 2. The predicted octanol–water partition coefficient (Wildman–Crippen LogP) is 7.17. The predicted molar refractivity (Wildman–Crippen MR) is 187 cm³/mol. The zero-order valence-electron chi connectivity index (χ0n) is 27.1. The van der Waals surface area contributed by atoms with Crippen LogP contribution in [0.5, 0.6) is 5.75 Å². The van der Waals surface area contributed by atoms with Crippen molar-refractivity contribution in [2.45, 2.75) is 83.2 Å². The van der Waals surface area contributed by atoms with Crippen LogP contribution in [-0.4, -0.2) is 69.9 Å². The van der Waals surface area contributed by atoms with Gasteiger partial charge in [-0.15, -0.1) is 0 Å². The van der Waals surface area contributed by atoms with E-state index in [2.05, 4.69) is 39.0 Å².